The summed E-state index contributed by atoms with van der Waals surface area (Å²) in [4.78, 5) is 26.9. The van der Waals surface area contributed by atoms with Crippen molar-refractivity contribution in [1.82, 2.24) is 0 Å². The zero-order valence-corrected chi connectivity index (χ0v) is 36.5. The predicted octanol–water partition coefficient (Wildman–Crippen LogP) is 6.38. The maximum absolute atomic E-state index is 14.3. The Hall–Kier alpha value is -2.47. The molecule has 1 unspecified atom stereocenters. The molecule has 62 heavy (non-hydrogen) atoms. The van der Waals surface area contributed by atoms with Crippen LogP contribution in [0.25, 0.3) is 0 Å². The van der Waals surface area contributed by atoms with Gasteiger partial charge in [-0.25, -0.2) is 4.79 Å². The first-order valence-corrected chi connectivity index (χ1v) is 23.3. The molecule has 1 amide bonds. The summed E-state index contributed by atoms with van der Waals surface area (Å²) >= 11 is 5.97. The molecule has 10 saturated heterocycles. The lowest BCUT2D eigenvalue weighted by Crippen LogP contribution is -2.61. The summed E-state index contributed by atoms with van der Waals surface area (Å²) in [6.07, 6.45) is 2.05. The minimum atomic E-state index is -1.06. The van der Waals surface area contributed by atoms with Crippen LogP contribution in [0.15, 0.2) is 48.6 Å². The van der Waals surface area contributed by atoms with Gasteiger partial charge in [0.25, 0.3) is 0 Å². The van der Waals surface area contributed by atoms with Crippen molar-refractivity contribution >= 4 is 29.2 Å². The van der Waals surface area contributed by atoms with Gasteiger partial charge in [0.15, 0.2) is 5.79 Å². The highest BCUT2D eigenvalue weighted by Gasteiger charge is 2.68. The number of fused-ring (bicyclic) bond motifs is 6. The number of rotatable bonds is 6. The molecule has 14 nitrogen and oxygen atoms in total. The van der Waals surface area contributed by atoms with Crippen molar-refractivity contribution < 1.29 is 62.1 Å². The van der Waals surface area contributed by atoms with Crippen molar-refractivity contribution in [1.29, 1.82) is 0 Å². The summed E-state index contributed by atoms with van der Waals surface area (Å²) in [6.45, 7) is 10.9. The number of hydrogen-bond donors (Lipinski definition) is 2. The fraction of sp³-hybridized carbons (Fsp3) is 0.745. The highest BCUT2D eigenvalue weighted by Crippen LogP contribution is 2.54. The first-order chi connectivity index (χ1) is 29.9. The molecule has 11 rings (SSSR count). The molecule has 0 saturated carbocycles. The molecule has 1 aromatic carbocycles. The van der Waals surface area contributed by atoms with E-state index in [4.69, 9.17) is 59.0 Å². The average Bonchev–Trinajstić information content (AvgIpc) is 3.92. The maximum Gasteiger partial charge on any atom is 0.411 e. The third kappa shape index (κ3) is 8.68. The molecule has 10 aliphatic rings. The molecule has 340 valence electrons. The second-order valence-corrected chi connectivity index (χ2v) is 19.9. The quantitative estimate of drug-likeness (QED) is 0.304. The standard InChI is InChI=1S/C47H62ClNO13/c1-23-15-30-9-11-34-24(2)16-32(55-34)13-14-47-21-39-42(61-47)43-44(60-39)45(62-47)41-35(59-43)12-10-31(57-41)17-28(50)18-33-37(20-36(56-30)25(23)3)58-38(40(33)53-4)19-29(51)22-54-46(52)49-27-7-5-26(48)6-8-27/h5-8,23,29-45,51H,2-3,9-22H2,1,4H3,(H,49,52)/t23-,29+,30+,31-,32+,33+,34+,35+,36-,37+,38-,39+,40-,41+,42+,43?,44-,45+,47+/m1/s1. The number of ether oxygens (including phenoxy) is 10. The number of anilines is 1. The van der Waals surface area contributed by atoms with E-state index < -0.39 is 42.4 Å². The molecule has 12 bridgehead atoms. The Labute approximate surface area is 368 Å². The number of carbonyl (C=O) groups excluding carboxylic acids is 2. The van der Waals surface area contributed by atoms with Gasteiger partial charge < -0.3 is 52.5 Å². The van der Waals surface area contributed by atoms with Crippen LogP contribution in [0.4, 0.5) is 10.5 Å². The van der Waals surface area contributed by atoms with Crippen LogP contribution in [0, 0.1) is 11.8 Å². The van der Waals surface area contributed by atoms with Gasteiger partial charge in [0.1, 0.15) is 42.9 Å². The van der Waals surface area contributed by atoms with E-state index in [-0.39, 0.29) is 111 Å². The number of Topliss-reactive ketones (excluding diaryl/α,β-unsaturated/α-hetero) is 1. The van der Waals surface area contributed by atoms with Crippen molar-refractivity contribution in [2.45, 2.75) is 194 Å². The molecule has 19 atom stereocenters. The van der Waals surface area contributed by atoms with Crippen LogP contribution in [0.3, 0.4) is 0 Å². The van der Waals surface area contributed by atoms with E-state index in [0.29, 0.717) is 36.4 Å². The molecule has 10 aliphatic heterocycles. The van der Waals surface area contributed by atoms with E-state index >= 15 is 0 Å². The molecule has 0 aliphatic carbocycles. The molecule has 1 aromatic rings. The Balaban J connectivity index is 0.873. The third-order valence-corrected chi connectivity index (χ3v) is 15.5. The van der Waals surface area contributed by atoms with Crippen molar-refractivity contribution in [3.63, 3.8) is 0 Å². The van der Waals surface area contributed by atoms with Gasteiger partial charge in [-0.2, -0.15) is 0 Å². The van der Waals surface area contributed by atoms with Crippen LogP contribution in [0.2, 0.25) is 5.02 Å². The molecule has 15 heteroatoms. The van der Waals surface area contributed by atoms with Crippen molar-refractivity contribution in [2.24, 2.45) is 11.8 Å². The fourth-order valence-electron chi connectivity index (χ4n) is 12.1. The summed E-state index contributed by atoms with van der Waals surface area (Å²) in [5.41, 5.74) is 2.63. The van der Waals surface area contributed by atoms with E-state index in [9.17, 15) is 14.7 Å². The number of nitrogens with one attached hydrogen (secondary N) is 1. The number of ketones is 1. The topological polar surface area (TPSA) is 159 Å². The van der Waals surface area contributed by atoms with Gasteiger partial charge in [-0.1, -0.05) is 31.7 Å². The molecular formula is C47H62ClNO13. The van der Waals surface area contributed by atoms with Gasteiger partial charge in [0.2, 0.25) is 0 Å². The highest BCUT2D eigenvalue weighted by molar-refractivity contribution is 6.30. The minimum Gasteiger partial charge on any atom is -0.447 e. The SMILES string of the molecule is C=C1C[C@@H]2CC[C@@]34C[C@@H]5O[C@@H]6C(O[C@H]7CC[C@H](CC(=O)C[C@@H]8[C@@H](OC)[C@@H](C[C@H](O)COC(=O)Nc9ccc(Cl)cc9)O[C@H]8C[C@H]8O[C@@H](CC[C@@H]1O2)C[C@@H](C)C8=C)O[C@@H]7[C@@H]6O3)[C@H]5O4. The molecule has 0 radical (unpaired) electrons. The Kier molecular flexibility index (Phi) is 12.4. The second-order valence-electron chi connectivity index (χ2n) is 19.4. The number of carbonyl (C=O) groups is 2. The number of halogens is 1. The van der Waals surface area contributed by atoms with E-state index in [1.165, 1.54) is 0 Å². The molecule has 0 aromatic heterocycles. The van der Waals surface area contributed by atoms with Crippen molar-refractivity contribution in [3.8, 4) is 0 Å². The van der Waals surface area contributed by atoms with E-state index in [0.717, 1.165) is 49.7 Å². The molecule has 2 N–H and O–H groups in total. The van der Waals surface area contributed by atoms with Gasteiger partial charge in [-0.15, -0.1) is 0 Å². The number of aliphatic hydroxyl groups excluding tert-OH is 1. The van der Waals surface area contributed by atoms with Crippen LogP contribution in [0.1, 0.15) is 90.4 Å². The Morgan fingerprint density at radius 1 is 0.839 bits per heavy atom. The van der Waals surface area contributed by atoms with Crippen LogP contribution in [-0.2, 0) is 52.2 Å². The number of methoxy groups -OCH3 is 1. The average molecular weight is 884 g/mol. The van der Waals surface area contributed by atoms with Gasteiger partial charge in [-0.05, 0) is 86.3 Å². The summed E-state index contributed by atoms with van der Waals surface area (Å²) in [7, 11) is 1.61. The van der Waals surface area contributed by atoms with E-state index in [2.05, 4.69) is 25.4 Å². The zero-order chi connectivity index (χ0) is 42.9. The van der Waals surface area contributed by atoms with Crippen LogP contribution < -0.4 is 5.32 Å². The molecule has 10 fully saturated rings. The monoisotopic (exact) mass is 883 g/mol. The molecular weight excluding hydrogens is 822 g/mol. The highest BCUT2D eigenvalue weighted by atomic mass is 35.5. The van der Waals surface area contributed by atoms with Gasteiger partial charge in [0.05, 0.1) is 67.1 Å². The summed E-state index contributed by atoms with van der Waals surface area (Å²) in [5, 5.41) is 14.4. The van der Waals surface area contributed by atoms with Gasteiger partial charge in [0, 0.05) is 62.3 Å². The number of hydrogen-bond acceptors (Lipinski definition) is 13. The van der Waals surface area contributed by atoms with Crippen molar-refractivity contribution in [2.75, 3.05) is 19.0 Å². The lowest BCUT2D eigenvalue weighted by Gasteiger charge is -2.47. The lowest BCUT2D eigenvalue weighted by atomic mass is 9.81. The Morgan fingerprint density at radius 3 is 2.40 bits per heavy atom. The number of aliphatic hydroxyl groups is 1. The maximum atomic E-state index is 14.3. The second kappa shape index (κ2) is 17.7. The van der Waals surface area contributed by atoms with Gasteiger partial charge in [-0.3, -0.25) is 10.1 Å². The fourth-order valence-corrected chi connectivity index (χ4v) is 12.2. The first kappa shape index (κ1) is 43.4. The predicted molar refractivity (Wildman–Crippen MR) is 224 cm³/mol. The summed E-state index contributed by atoms with van der Waals surface area (Å²) < 4.78 is 65.8. The Morgan fingerprint density at radius 2 is 1.58 bits per heavy atom. The zero-order valence-electron chi connectivity index (χ0n) is 35.7. The smallest absolute Gasteiger partial charge is 0.411 e. The van der Waals surface area contributed by atoms with Crippen LogP contribution >= 0.6 is 11.6 Å². The first-order valence-electron chi connectivity index (χ1n) is 23.0. The van der Waals surface area contributed by atoms with E-state index in [1.807, 2.05) is 0 Å². The van der Waals surface area contributed by atoms with Crippen molar-refractivity contribution in [3.05, 3.63) is 53.6 Å². The largest absolute Gasteiger partial charge is 0.447 e. The van der Waals surface area contributed by atoms with Crippen LogP contribution in [0.5, 0.6) is 0 Å². The van der Waals surface area contributed by atoms with Crippen LogP contribution in [-0.4, -0.2) is 134 Å². The number of benzene rings is 1. The third-order valence-electron chi connectivity index (χ3n) is 15.2. The normalized spacial score (nSPS) is 45.6. The molecule has 1 spiro atoms. The lowest BCUT2D eigenvalue weighted by molar-refractivity contribution is -0.292. The molecule has 10 heterocycles. The summed E-state index contributed by atoms with van der Waals surface area (Å²) in [6, 6.07) is 6.63. The Bertz CT molecular complexity index is 1850. The summed E-state index contributed by atoms with van der Waals surface area (Å²) in [5.74, 6) is -0.897. The van der Waals surface area contributed by atoms with E-state index in [1.54, 1.807) is 31.4 Å². The number of amides is 1. The minimum absolute atomic E-state index is 0.0160. The van der Waals surface area contributed by atoms with Gasteiger partial charge >= 0.3 is 6.09 Å².